The van der Waals surface area contributed by atoms with Crippen LogP contribution < -0.4 is 4.72 Å². The van der Waals surface area contributed by atoms with Gasteiger partial charge >= 0.3 is 0 Å². The molecule has 2 heterocycles. The van der Waals surface area contributed by atoms with Gasteiger partial charge in [0, 0.05) is 31.2 Å². The number of benzene rings is 2. The van der Waals surface area contributed by atoms with E-state index in [1.54, 1.807) is 30.3 Å². The molecule has 0 atom stereocenters. The second-order valence-corrected chi connectivity index (χ2v) is 9.90. The van der Waals surface area contributed by atoms with Crippen molar-refractivity contribution >= 4 is 15.9 Å². The SMILES string of the molecule is O=C(c1cccc(CN2CCCC2)c1)N1CCC(NS(=O)(=O)c2ccccc2)CC1. The first-order chi connectivity index (χ1) is 14.5. The maximum absolute atomic E-state index is 13.0. The van der Waals surface area contributed by atoms with Gasteiger partial charge in [-0.1, -0.05) is 30.3 Å². The average molecular weight is 428 g/mol. The van der Waals surface area contributed by atoms with Gasteiger partial charge in [-0.2, -0.15) is 0 Å². The first kappa shape index (κ1) is 21.0. The maximum Gasteiger partial charge on any atom is 0.253 e. The van der Waals surface area contributed by atoms with Crippen molar-refractivity contribution in [2.24, 2.45) is 0 Å². The van der Waals surface area contributed by atoms with E-state index >= 15 is 0 Å². The van der Waals surface area contributed by atoms with E-state index in [-0.39, 0.29) is 16.8 Å². The first-order valence-corrected chi connectivity index (χ1v) is 12.2. The summed E-state index contributed by atoms with van der Waals surface area (Å²) in [5, 5.41) is 0. The van der Waals surface area contributed by atoms with E-state index in [4.69, 9.17) is 0 Å². The molecule has 0 saturated carbocycles. The van der Waals surface area contributed by atoms with Crippen LogP contribution >= 0.6 is 0 Å². The van der Waals surface area contributed by atoms with E-state index in [0.29, 0.717) is 25.9 Å². The highest BCUT2D eigenvalue weighted by Gasteiger charge is 2.27. The Kier molecular flexibility index (Phi) is 6.51. The van der Waals surface area contributed by atoms with Gasteiger partial charge in [-0.15, -0.1) is 0 Å². The molecule has 2 aliphatic rings. The molecular weight excluding hydrogens is 398 g/mol. The number of sulfonamides is 1. The molecule has 2 aliphatic heterocycles. The van der Waals surface area contributed by atoms with Gasteiger partial charge in [0.25, 0.3) is 5.91 Å². The zero-order valence-electron chi connectivity index (χ0n) is 17.2. The fraction of sp³-hybridized carbons (Fsp3) is 0.435. The first-order valence-electron chi connectivity index (χ1n) is 10.7. The van der Waals surface area contributed by atoms with Crippen molar-refractivity contribution in [1.29, 1.82) is 0 Å². The molecule has 0 unspecified atom stereocenters. The van der Waals surface area contributed by atoms with Crippen molar-refractivity contribution in [3.05, 3.63) is 65.7 Å². The van der Waals surface area contributed by atoms with Crippen LogP contribution in [-0.2, 0) is 16.6 Å². The lowest BCUT2D eigenvalue weighted by molar-refractivity contribution is 0.0711. The predicted octanol–water partition coefficient (Wildman–Crippen LogP) is 2.87. The molecule has 2 aromatic carbocycles. The summed E-state index contributed by atoms with van der Waals surface area (Å²) < 4.78 is 27.8. The van der Waals surface area contributed by atoms with E-state index in [2.05, 4.69) is 15.7 Å². The Balaban J connectivity index is 1.33. The van der Waals surface area contributed by atoms with Crippen LogP contribution in [0.25, 0.3) is 0 Å². The summed E-state index contributed by atoms with van der Waals surface area (Å²) in [6.07, 6.45) is 3.74. The summed E-state index contributed by atoms with van der Waals surface area (Å²) in [5.41, 5.74) is 1.89. The molecule has 4 rings (SSSR count). The van der Waals surface area contributed by atoms with E-state index < -0.39 is 10.0 Å². The Morgan fingerprint density at radius 3 is 2.33 bits per heavy atom. The molecule has 0 aliphatic carbocycles. The smallest absolute Gasteiger partial charge is 0.253 e. The maximum atomic E-state index is 13.0. The minimum absolute atomic E-state index is 0.0302. The number of likely N-dealkylation sites (tertiary alicyclic amines) is 2. The van der Waals surface area contributed by atoms with E-state index in [0.717, 1.165) is 25.2 Å². The van der Waals surface area contributed by atoms with Crippen LogP contribution in [0.15, 0.2) is 59.5 Å². The lowest BCUT2D eigenvalue weighted by atomic mass is 10.0. The molecule has 7 heteroatoms. The molecule has 0 radical (unpaired) electrons. The molecule has 2 fully saturated rings. The summed E-state index contributed by atoms with van der Waals surface area (Å²) in [7, 11) is -3.53. The number of hydrogen-bond acceptors (Lipinski definition) is 4. The molecule has 6 nitrogen and oxygen atoms in total. The predicted molar refractivity (Wildman–Crippen MR) is 117 cm³/mol. The number of rotatable bonds is 6. The van der Waals surface area contributed by atoms with Crippen LogP contribution in [0.5, 0.6) is 0 Å². The zero-order chi connectivity index (χ0) is 21.0. The molecule has 160 valence electrons. The molecule has 0 spiro atoms. The van der Waals surface area contributed by atoms with Crippen LogP contribution in [0.4, 0.5) is 0 Å². The van der Waals surface area contributed by atoms with Gasteiger partial charge in [-0.3, -0.25) is 9.69 Å². The lowest BCUT2D eigenvalue weighted by Gasteiger charge is -2.32. The number of nitrogens with zero attached hydrogens (tertiary/aromatic N) is 2. The van der Waals surface area contributed by atoms with Gasteiger partial charge in [-0.25, -0.2) is 13.1 Å². The number of carbonyl (C=O) groups is 1. The van der Waals surface area contributed by atoms with Crippen LogP contribution in [0.2, 0.25) is 0 Å². The lowest BCUT2D eigenvalue weighted by Crippen LogP contribution is -2.46. The quantitative estimate of drug-likeness (QED) is 0.770. The Hall–Kier alpha value is -2.22. The Bertz CT molecular complexity index is 964. The van der Waals surface area contributed by atoms with Gasteiger partial charge in [0.2, 0.25) is 10.0 Å². The molecule has 2 saturated heterocycles. The average Bonchev–Trinajstić information content (AvgIpc) is 3.27. The summed E-state index contributed by atoms with van der Waals surface area (Å²) in [6.45, 7) is 4.26. The number of amides is 1. The monoisotopic (exact) mass is 427 g/mol. The fourth-order valence-corrected chi connectivity index (χ4v) is 5.60. The van der Waals surface area contributed by atoms with E-state index in [9.17, 15) is 13.2 Å². The second kappa shape index (κ2) is 9.29. The van der Waals surface area contributed by atoms with Crippen LogP contribution in [0.3, 0.4) is 0 Å². The van der Waals surface area contributed by atoms with Gasteiger partial charge in [0.05, 0.1) is 4.90 Å². The fourth-order valence-electron chi connectivity index (χ4n) is 4.27. The largest absolute Gasteiger partial charge is 0.339 e. The van der Waals surface area contributed by atoms with Gasteiger partial charge in [0.1, 0.15) is 0 Å². The standard InChI is InChI=1S/C23H29N3O3S/c27-23(20-8-6-7-19(17-20)18-25-13-4-5-14-25)26-15-11-21(12-16-26)24-30(28,29)22-9-2-1-3-10-22/h1-3,6-10,17,21,24H,4-5,11-16,18H2. The summed E-state index contributed by atoms with van der Waals surface area (Å²) in [4.78, 5) is 17.5. The highest BCUT2D eigenvalue weighted by atomic mass is 32.2. The van der Waals surface area contributed by atoms with Crippen molar-refractivity contribution in [2.45, 2.75) is 43.2 Å². The van der Waals surface area contributed by atoms with Gasteiger partial charge in [-0.05, 0) is 68.6 Å². The summed E-state index contributed by atoms with van der Waals surface area (Å²) in [6, 6.07) is 16.2. The summed E-state index contributed by atoms with van der Waals surface area (Å²) >= 11 is 0. The molecule has 0 bridgehead atoms. The molecule has 1 N–H and O–H groups in total. The molecule has 30 heavy (non-hydrogen) atoms. The number of hydrogen-bond donors (Lipinski definition) is 1. The van der Waals surface area contributed by atoms with E-state index in [1.165, 1.54) is 18.4 Å². The Labute approximate surface area is 178 Å². The molecule has 0 aromatic heterocycles. The Morgan fingerprint density at radius 2 is 1.63 bits per heavy atom. The van der Waals surface area contributed by atoms with Crippen LogP contribution in [0.1, 0.15) is 41.6 Å². The second-order valence-electron chi connectivity index (χ2n) is 8.18. The number of piperidine rings is 1. The third kappa shape index (κ3) is 5.09. The minimum Gasteiger partial charge on any atom is -0.339 e. The topological polar surface area (TPSA) is 69.7 Å². The molecule has 1 amide bonds. The summed E-state index contributed by atoms with van der Waals surface area (Å²) in [5.74, 6) is 0.0302. The normalized spacial score (nSPS) is 18.6. The van der Waals surface area contributed by atoms with Crippen molar-refractivity contribution in [3.8, 4) is 0 Å². The van der Waals surface area contributed by atoms with Crippen LogP contribution in [-0.4, -0.2) is 56.3 Å². The highest BCUT2D eigenvalue weighted by molar-refractivity contribution is 7.89. The third-order valence-corrected chi connectivity index (χ3v) is 7.47. The van der Waals surface area contributed by atoms with Crippen LogP contribution in [0, 0.1) is 0 Å². The van der Waals surface area contributed by atoms with Crippen molar-refractivity contribution in [1.82, 2.24) is 14.5 Å². The molecular formula is C23H29N3O3S. The van der Waals surface area contributed by atoms with Crippen molar-refractivity contribution in [3.63, 3.8) is 0 Å². The van der Waals surface area contributed by atoms with Crippen molar-refractivity contribution in [2.75, 3.05) is 26.2 Å². The zero-order valence-corrected chi connectivity index (χ0v) is 18.0. The number of carbonyl (C=O) groups excluding carboxylic acids is 1. The highest BCUT2D eigenvalue weighted by Crippen LogP contribution is 2.19. The van der Waals surface area contributed by atoms with E-state index in [1.807, 2.05) is 23.1 Å². The number of nitrogens with one attached hydrogen (secondary N) is 1. The van der Waals surface area contributed by atoms with Crippen molar-refractivity contribution < 1.29 is 13.2 Å². The van der Waals surface area contributed by atoms with Gasteiger partial charge in [0.15, 0.2) is 0 Å². The molecule has 2 aromatic rings. The third-order valence-electron chi connectivity index (χ3n) is 5.94. The minimum atomic E-state index is -3.53. The Morgan fingerprint density at radius 1 is 0.933 bits per heavy atom. The van der Waals surface area contributed by atoms with Gasteiger partial charge < -0.3 is 4.90 Å².